The summed E-state index contributed by atoms with van der Waals surface area (Å²) >= 11 is 0. The molecule has 0 radical (unpaired) electrons. The Hall–Kier alpha value is -2.85. The first-order valence-corrected chi connectivity index (χ1v) is 15.2. The van der Waals surface area contributed by atoms with E-state index in [0.717, 1.165) is 67.7 Å². The predicted molar refractivity (Wildman–Crippen MR) is 167 cm³/mol. The number of hydrogen-bond donors (Lipinski definition) is 1. The second-order valence-electron chi connectivity index (χ2n) is 11.5. The van der Waals surface area contributed by atoms with E-state index in [4.69, 9.17) is 10.1 Å². The van der Waals surface area contributed by atoms with Gasteiger partial charge in [0, 0.05) is 56.1 Å². The molecule has 1 saturated carbocycles. The zero-order chi connectivity index (χ0) is 27.5. The number of fused-ring (bicyclic) bond motifs is 1. The van der Waals surface area contributed by atoms with Gasteiger partial charge in [-0.25, -0.2) is 4.98 Å². The van der Waals surface area contributed by atoms with Gasteiger partial charge in [-0.3, -0.25) is 0 Å². The van der Waals surface area contributed by atoms with E-state index in [1.807, 2.05) is 6.20 Å². The van der Waals surface area contributed by atoms with Gasteiger partial charge < -0.3 is 15.1 Å². The van der Waals surface area contributed by atoms with Gasteiger partial charge in [0.1, 0.15) is 5.82 Å². The summed E-state index contributed by atoms with van der Waals surface area (Å²) in [6, 6.07) is 11.4. The van der Waals surface area contributed by atoms with Gasteiger partial charge in [0.05, 0.1) is 11.7 Å². The molecule has 0 amide bonds. The molecule has 1 saturated heterocycles. The molecule has 1 aromatic carbocycles. The summed E-state index contributed by atoms with van der Waals surface area (Å²) in [5, 5.41) is 9.96. The molecule has 0 spiro atoms. The number of anilines is 1. The van der Waals surface area contributed by atoms with E-state index in [1.165, 1.54) is 47.8 Å². The summed E-state index contributed by atoms with van der Waals surface area (Å²) in [4.78, 5) is 9.77. The van der Waals surface area contributed by atoms with Crippen LogP contribution in [0, 0.1) is 12.8 Å². The van der Waals surface area contributed by atoms with Gasteiger partial charge in [0.2, 0.25) is 0 Å². The van der Waals surface area contributed by atoms with Crippen LogP contribution in [0.15, 0.2) is 55.4 Å². The third-order valence-corrected chi connectivity index (χ3v) is 9.14. The van der Waals surface area contributed by atoms with Crippen molar-refractivity contribution in [2.75, 3.05) is 31.6 Å². The Labute approximate surface area is 236 Å². The van der Waals surface area contributed by atoms with E-state index in [-0.39, 0.29) is 6.04 Å². The van der Waals surface area contributed by atoms with Gasteiger partial charge in [0.15, 0.2) is 5.65 Å². The molecule has 1 aliphatic heterocycles. The van der Waals surface area contributed by atoms with Crippen molar-refractivity contribution in [3.8, 4) is 0 Å². The monoisotopic (exact) mass is 544 g/mol. The van der Waals surface area contributed by atoms with Gasteiger partial charge >= 0.3 is 0 Å². The van der Waals surface area contributed by atoms with Crippen LogP contribution < -0.4 is 15.5 Å². The van der Waals surface area contributed by atoms with Crippen molar-refractivity contribution in [1.29, 1.82) is 0 Å². The van der Waals surface area contributed by atoms with Crippen LogP contribution in [0.3, 0.4) is 0 Å². The number of aromatic nitrogens is 3. The van der Waals surface area contributed by atoms with Crippen LogP contribution >= 0.6 is 9.24 Å². The lowest BCUT2D eigenvalue weighted by Crippen LogP contribution is -2.30. The van der Waals surface area contributed by atoms with Gasteiger partial charge in [0.25, 0.3) is 0 Å². The van der Waals surface area contributed by atoms with Crippen molar-refractivity contribution in [3.05, 3.63) is 77.9 Å². The van der Waals surface area contributed by atoms with E-state index in [2.05, 4.69) is 93.3 Å². The zero-order valence-corrected chi connectivity index (χ0v) is 25.1. The van der Waals surface area contributed by atoms with Crippen LogP contribution in [0.25, 0.3) is 5.65 Å². The van der Waals surface area contributed by atoms with E-state index < -0.39 is 0 Å². The third kappa shape index (κ3) is 6.32. The Morgan fingerprint density at radius 1 is 1.23 bits per heavy atom. The van der Waals surface area contributed by atoms with E-state index in [1.54, 1.807) is 0 Å². The molecule has 4 unspecified atom stereocenters. The predicted octanol–water partition coefficient (Wildman–Crippen LogP) is 5.89. The minimum atomic E-state index is 0.282. The summed E-state index contributed by atoms with van der Waals surface area (Å²) in [6.07, 6.45) is 9.93. The number of nitrogens with zero attached hydrogens (tertiary/aromatic N) is 5. The van der Waals surface area contributed by atoms with Crippen LogP contribution in [0.4, 0.5) is 5.82 Å². The lowest BCUT2D eigenvalue weighted by atomic mass is 10.00. The molecule has 6 nitrogen and oxygen atoms in total. The number of likely N-dealkylation sites (N-methyl/N-ethyl adjacent to an activating group) is 1. The number of likely N-dealkylation sites (tertiary alicyclic amines) is 1. The minimum absolute atomic E-state index is 0.282. The highest BCUT2D eigenvalue weighted by Gasteiger charge is 2.38. The Bertz CT molecular complexity index is 1330. The second-order valence-corrected chi connectivity index (χ2v) is 12.1. The number of allylic oxidation sites excluding steroid dienone is 1. The highest BCUT2D eigenvalue weighted by atomic mass is 31.0. The number of hydrogen-bond acceptors (Lipinski definition) is 5. The first-order chi connectivity index (χ1) is 18.9. The van der Waals surface area contributed by atoms with Crippen molar-refractivity contribution in [3.63, 3.8) is 0 Å². The minimum Gasteiger partial charge on any atom is -0.387 e. The summed E-state index contributed by atoms with van der Waals surface area (Å²) in [5.41, 5.74) is 7.03. The van der Waals surface area contributed by atoms with E-state index in [9.17, 15) is 0 Å². The SMILES string of the molecule is C=CN1CCCCC1c1cc2nc(C3CC3CC)cc(N(C)CCNC(=C)CCc3ccc(C)cc3P)n2n1. The lowest BCUT2D eigenvalue weighted by molar-refractivity contribution is 0.212. The van der Waals surface area contributed by atoms with Crippen LogP contribution in [0.2, 0.25) is 0 Å². The zero-order valence-electron chi connectivity index (χ0n) is 24.0. The number of aryl methyl sites for hydroxylation is 2. The van der Waals surface area contributed by atoms with E-state index in [0.29, 0.717) is 5.92 Å². The number of piperidine rings is 1. The maximum atomic E-state index is 5.12. The largest absolute Gasteiger partial charge is 0.387 e. The van der Waals surface area contributed by atoms with Gasteiger partial charge in [-0.1, -0.05) is 50.3 Å². The summed E-state index contributed by atoms with van der Waals surface area (Å²) < 4.78 is 2.06. The smallest absolute Gasteiger partial charge is 0.157 e. The molecule has 2 aliphatic rings. The fraction of sp³-hybridized carbons (Fsp3) is 0.500. The number of benzene rings is 1. The van der Waals surface area contributed by atoms with Crippen molar-refractivity contribution < 1.29 is 0 Å². The molecular formula is C32H45N6P. The van der Waals surface area contributed by atoms with Crippen LogP contribution in [-0.2, 0) is 6.42 Å². The maximum Gasteiger partial charge on any atom is 0.157 e. The summed E-state index contributed by atoms with van der Waals surface area (Å²) in [5.74, 6) is 2.45. The molecule has 208 valence electrons. The molecule has 0 bridgehead atoms. The Morgan fingerprint density at radius 2 is 2.08 bits per heavy atom. The normalized spacial score (nSPS) is 20.7. The van der Waals surface area contributed by atoms with Crippen LogP contribution in [0.1, 0.15) is 79.9 Å². The Balaban J connectivity index is 1.28. The van der Waals surface area contributed by atoms with Gasteiger partial charge in [-0.2, -0.15) is 9.61 Å². The Morgan fingerprint density at radius 3 is 2.82 bits per heavy atom. The Kier molecular flexibility index (Phi) is 8.61. The highest BCUT2D eigenvalue weighted by molar-refractivity contribution is 7.27. The fourth-order valence-electron chi connectivity index (χ4n) is 6.00. The first kappa shape index (κ1) is 27.7. The molecule has 4 atom stereocenters. The molecule has 3 aromatic rings. The summed E-state index contributed by atoms with van der Waals surface area (Å²) in [7, 11) is 5.03. The molecule has 7 heteroatoms. The number of nitrogens with one attached hydrogen (secondary N) is 1. The summed E-state index contributed by atoms with van der Waals surface area (Å²) in [6.45, 7) is 15.5. The van der Waals surface area contributed by atoms with Crippen molar-refractivity contribution in [2.24, 2.45) is 5.92 Å². The third-order valence-electron chi connectivity index (χ3n) is 8.60. The van der Waals surface area contributed by atoms with Gasteiger partial charge in [-0.05, 0) is 68.4 Å². The number of rotatable bonds is 12. The average Bonchev–Trinajstić information content (AvgIpc) is 3.61. The quantitative estimate of drug-likeness (QED) is 0.288. The second kappa shape index (κ2) is 12.1. The van der Waals surface area contributed by atoms with Crippen molar-refractivity contribution in [2.45, 2.75) is 70.8 Å². The fourth-order valence-corrected chi connectivity index (χ4v) is 6.51. The molecule has 1 aliphatic carbocycles. The lowest BCUT2D eigenvalue weighted by Gasteiger charge is -2.33. The molecular weight excluding hydrogens is 499 g/mol. The standard InChI is InChI=1S/C32H45N6P/c1-6-24-19-26(24)27-21-32(38-31(34-27)20-28(35-38)29-10-8-9-16-37(29)7-2)36(5)17-15-33-23(4)12-14-25-13-11-22(3)18-30(25)39/h7,11,13,18,20-21,24,26,29,33H,2,4,6,8-10,12,14-17,19,39H2,1,3,5H3. The topological polar surface area (TPSA) is 48.7 Å². The molecule has 5 rings (SSSR count). The molecule has 1 N–H and O–H groups in total. The van der Waals surface area contributed by atoms with Gasteiger partial charge in [-0.15, -0.1) is 9.24 Å². The molecule has 2 aromatic heterocycles. The first-order valence-electron chi connectivity index (χ1n) is 14.6. The van der Waals surface area contributed by atoms with Crippen LogP contribution in [0.5, 0.6) is 0 Å². The highest BCUT2D eigenvalue weighted by Crippen LogP contribution is 2.49. The van der Waals surface area contributed by atoms with Crippen molar-refractivity contribution >= 4 is 26.0 Å². The molecule has 3 heterocycles. The molecule has 39 heavy (non-hydrogen) atoms. The van der Waals surface area contributed by atoms with Crippen molar-refractivity contribution in [1.82, 2.24) is 24.8 Å². The average molecular weight is 545 g/mol. The maximum absolute atomic E-state index is 5.12. The van der Waals surface area contributed by atoms with E-state index >= 15 is 0 Å². The molecule has 2 fully saturated rings. The van der Waals surface area contributed by atoms with Crippen LogP contribution in [-0.4, -0.2) is 46.2 Å².